The molecule has 0 spiro atoms. The van der Waals surface area contributed by atoms with Gasteiger partial charge in [-0.1, -0.05) is 0 Å². The molecule has 9 heteroatoms. The second-order valence-electron chi connectivity index (χ2n) is 6.85. The van der Waals surface area contributed by atoms with E-state index in [4.69, 9.17) is 9.47 Å². The number of hydrogen-bond acceptors (Lipinski definition) is 5. The molecule has 0 aromatic heterocycles. The maximum atomic E-state index is 12.7. The minimum absolute atomic E-state index is 0.0474. The number of benzene rings is 1. The largest absolute Gasteiger partial charge is 0.494 e. The zero-order chi connectivity index (χ0) is 20.8. The van der Waals surface area contributed by atoms with Crippen molar-refractivity contribution in [2.45, 2.75) is 13.8 Å². The van der Waals surface area contributed by atoms with Crippen molar-refractivity contribution >= 4 is 23.7 Å². The molecule has 0 bridgehead atoms. The van der Waals surface area contributed by atoms with E-state index in [9.17, 15) is 14.4 Å². The van der Waals surface area contributed by atoms with Gasteiger partial charge in [0.15, 0.2) is 0 Å². The van der Waals surface area contributed by atoms with E-state index >= 15 is 0 Å². The number of rotatable bonds is 6. The Labute approximate surface area is 170 Å². The highest BCUT2D eigenvalue weighted by Crippen LogP contribution is 2.23. The van der Waals surface area contributed by atoms with E-state index in [-0.39, 0.29) is 24.6 Å². The topological polar surface area (TPSA) is 82.6 Å². The molecule has 2 aliphatic heterocycles. The Hall–Kier alpha value is -2.97. The molecule has 3 rings (SSSR count). The van der Waals surface area contributed by atoms with Gasteiger partial charge in [-0.05, 0) is 38.1 Å². The molecule has 1 aromatic carbocycles. The van der Waals surface area contributed by atoms with Crippen molar-refractivity contribution in [3.05, 3.63) is 24.3 Å². The van der Waals surface area contributed by atoms with E-state index in [0.29, 0.717) is 52.5 Å². The normalized spacial score (nSPS) is 17.0. The van der Waals surface area contributed by atoms with Gasteiger partial charge in [-0.3, -0.25) is 9.69 Å². The molecule has 1 aromatic rings. The van der Waals surface area contributed by atoms with Gasteiger partial charge in [0.1, 0.15) is 12.3 Å². The van der Waals surface area contributed by atoms with Gasteiger partial charge in [0.2, 0.25) is 5.91 Å². The number of carbonyl (C=O) groups excluding carboxylic acids is 3. The SMILES string of the molecule is CCOC(=O)N1CCN(C(=O)CN2CCN(c3ccc(OCC)cc3)C2=O)CC1. The fourth-order valence-corrected chi connectivity index (χ4v) is 3.47. The van der Waals surface area contributed by atoms with Crippen molar-refractivity contribution in [2.24, 2.45) is 0 Å². The average Bonchev–Trinajstić information content (AvgIpc) is 3.09. The minimum atomic E-state index is -0.347. The summed E-state index contributed by atoms with van der Waals surface area (Å²) >= 11 is 0. The van der Waals surface area contributed by atoms with Crippen LogP contribution >= 0.6 is 0 Å². The molecular formula is C20H28N4O5. The molecule has 2 saturated heterocycles. The van der Waals surface area contributed by atoms with Gasteiger partial charge in [-0.15, -0.1) is 0 Å². The molecule has 2 heterocycles. The molecule has 9 nitrogen and oxygen atoms in total. The van der Waals surface area contributed by atoms with Crippen molar-refractivity contribution in [3.8, 4) is 5.75 Å². The van der Waals surface area contributed by atoms with E-state index in [1.54, 1.807) is 26.5 Å². The molecule has 2 aliphatic rings. The Morgan fingerprint density at radius 1 is 0.897 bits per heavy atom. The quantitative estimate of drug-likeness (QED) is 0.720. The minimum Gasteiger partial charge on any atom is -0.494 e. The van der Waals surface area contributed by atoms with E-state index in [2.05, 4.69) is 0 Å². The Balaban J connectivity index is 1.50. The predicted molar refractivity (Wildman–Crippen MR) is 107 cm³/mol. The number of nitrogens with zero attached hydrogens (tertiary/aromatic N) is 4. The molecule has 0 radical (unpaired) electrons. The number of hydrogen-bond donors (Lipinski definition) is 0. The Kier molecular flexibility index (Phi) is 6.79. The predicted octanol–water partition coefficient (Wildman–Crippen LogP) is 1.63. The third-order valence-electron chi connectivity index (χ3n) is 5.04. The number of anilines is 1. The number of carbonyl (C=O) groups is 3. The van der Waals surface area contributed by atoms with Crippen LogP contribution in [0.2, 0.25) is 0 Å². The summed E-state index contributed by atoms with van der Waals surface area (Å²) < 4.78 is 10.4. The monoisotopic (exact) mass is 404 g/mol. The highest BCUT2D eigenvalue weighted by Gasteiger charge is 2.33. The van der Waals surface area contributed by atoms with Crippen molar-refractivity contribution < 1.29 is 23.9 Å². The highest BCUT2D eigenvalue weighted by atomic mass is 16.6. The van der Waals surface area contributed by atoms with Crippen LogP contribution in [-0.2, 0) is 9.53 Å². The van der Waals surface area contributed by atoms with Gasteiger partial charge >= 0.3 is 12.1 Å². The van der Waals surface area contributed by atoms with Crippen LogP contribution in [0.25, 0.3) is 0 Å². The summed E-state index contributed by atoms with van der Waals surface area (Å²) in [5.74, 6) is 0.660. The van der Waals surface area contributed by atoms with Crippen molar-refractivity contribution in [1.82, 2.24) is 14.7 Å². The summed E-state index contributed by atoms with van der Waals surface area (Å²) in [5.41, 5.74) is 0.788. The van der Waals surface area contributed by atoms with Crippen LogP contribution in [0, 0.1) is 0 Å². The molecular weight excluding hydrogens is 376 g/mol. The molecule has 2 fully saturated rings. The first kappa shape index (κ1) is 20.8. The standard InChI is InChI=1S/C20H28N4O5/c1-3-28-17-7-5-16(6-8-17)24-14-13-23(19(24)26)15-18(25)21-9-11-22(12-10-21)20(27)29-4-2/h5-8H,3-4,9-15H2,1-2H3. The van der Waals surface area contributed by atoms with Crippen LogP contribution in [0.15, 0.2) is 24.3 Å². The highest BCUT2D eigenvalue weighted by molar-refractivity contribution is 5.96. The van der Waals surface area contributed by atoms with Crippen LogP contribution in [0.5, 0.6) is 5.75 Å². The van der Waals surface area contributed by atoms with Crippen molar-refractivity contribution in [2.75, 3.05) is 63.9 Å². The van der Waals surface area contributed by atoms with Gasteiger partial charge < -0.3 is 24.2 Å². The lowest BCUT2D eigenvalue weighted by atomic mass is 10.3. The third kappa shape index (κ3) is 4.90. The molecule has 158 valence electrons. The summed E-state index contributed by atoms with van der Waals surface area (Å²) in [6.07, 6.45) is -0.347. The first-order valence-electron chi connectivity index (χ1n) is 10.0. The smallest absolute Gasteiger partial charge is 0.409 e. The number of piperazine rings is 1. The summed E-state index contributed by atoms with van der Waals surface area (Å²) in [6.45, 7) is 7.47. The molecule has 29 heavy (non-hydrogen) atoms. The molecule has 0 atom stereocenters. The first-order valence-corrected chi connectivity index (χ1v) is 10.0. The third-order valence-corrected chi connectivity index (χ3v) is 5.04. The van der Waals surface area contributed by atoms with E-state index < -0.39 is 0 Å². The van der Waals surface area contributed by atoms with Gasteiger partial charge in [-0.25, -0.2) is 9.59 Å². The van der Waals surface area contributed by atoms with Gasteiger partial charge in [0, 0.05) is 45.0 Å². The van der Waals surface area contributed by atoms with Gasteiger partial charge in [-0.2, -0.15) is 0 Å². The zero-order valence-electron chi connectivity index (χ0n) is 17.0. The zero-order valence-corrected chi connectivity index (χ0v) is 17.0. The Morgan fingerprint density at radius 3 is 2.17 bits per heavy atom. The van der Waals surface area contributed by atoms with E-state index in [0.717, 1.165) is 11.4 Å². The van der Waals surface area contributed by atoms with Gasteiger partial charge in [0.05, 0.1) is 13.2 Å². The lowest BCUT2D eigenvalue weighted by Crippen LogP contribution is -2.53. The first-order chi connectivity index (χ1) is 14.0. The van der Waals surface area contributed by atoms with Gasteiger partial charge in [0.25, 0.3) is 0 Å². The van der Waals surface area contributed by atoms with E-state index in [1.165, 1.54) is 0 Å². The lowest BCUT2D eigenvalue weighted by Gasteiger charge is -2.34. The molecule has 0 saturated carbocycles. The molecule has 0 aliphatic carbocycles. The number of urea groups is 1. The second-order valence-corrected chi connectivity index (χ2v) is 6.85. The lowest BCUT2D eigenvalue weighted by molar-refractivity contribution is -0.133. The molecule has 0 N–H and O–H groups in total. The maximum Gasteiger partial charge on any atom is 0.409 e. The Bertz CT molecular complexity index is 731. The molecule has 0 unspecified atom stereocenters. The van der Waals surface area contributed by atoms with Crippen LogP contribution in [0.4, 0.5) is 15.3 Å². The summed E-state index contributed by atoms with van der Waals surface area (Å²) in [5, 5.41) is 0. The van der Waals surface area contributed by atoms with Crippen LogP contribution in [0.3, 0.4) is 0 Å². The summed E-state index contributed by atoms with van der Waals surface area (Å²) in [6, 6.07) is 7.20. The van der Waals surface area contributed by atoms with Crippen molar-refractivity contribution in [1.29, 1.82) is 0 Å². The van der Waals surface area contributed by atoms with Crippen LogP contribution in [0.1, 0.15) is 13.8 Å². The fourth-order valence-electron chi connectivity index (χ4n) is 3.47. The maximum absolute atomic E-state index is 12.7. The Morgan fingerprint density at radius 2 is 1.55 bits per heavy atom. The summed E-state index contributed by atoms with van der Waals surface area (Å²) in [4.78, 5) is 43.6. The number of amides is 4. The van der Waals surface area contributed by atoms with Crippen LogP contribution < -0.4 is 9.64 Å². The number of ether oxygens (including phenoxy) is 2. The summed E-state index contributed by atoms with van der Waals surface area (Å²) in [7, 11) is 0. The second kappa shape index (κ2) is 9.49. The van der Waals surface area contributed by atoms with E-state index in [1.807, 2.05) is 31.2 Å². The average molecular weight is 404 g/mol. The van der Waals surface area contributed by atoms with Crippen molar-refractivity contribution in [3.63, 3.8) is 0 Å². The van der Waals surface area contributed by atoms with Crippen LogP contribution in [-0.4, -0.2) is 91.8 Å². The molecule has 4 amide bonds. The fraction of sp³-hybridized carbons (Fsp3) is 0.550.